The number of carbonyl (C=O) groups excluding carboxylic acids is 1. The monoisotopic (exact) mass is 226 g/mol. The number of likely N-dealkylation sites (tertiary alicyclic amines) is 1. The summed E-state index contributed by atoms with van der Waals surface area (Å²) in [5.74, 6) is 0.202. The Bertz CT molecular complexity index is 253. The molecule has 0 aromatic heterocycles. The topological polar surface area (TPSA) is 43.8 Å². The highest BCUT2D eigenvalue weighted by molar-refractivity contribution is 5.78. The van der Waals surface area contributed by atoms with Gasteiger partial charge in [-0.2, -0.15) is 0 Å². The van der Waals surface area contributed by atoms with Crippen LogP contribution in [0.5, 0.6) is 0 Å². The SMILES string of the molecule is CCN(CC(O)CN1CCCC1=O)C1CC1. The zero-order valence-corrected chi connectivity index (χ0v) is 10.1. The van der Waals surface area contributed by atoms with Crippen LogP contribution in [0.25, 0.3) is 0 Å². The van der Waals surface area contributed by atoms with Crippen molar-refractivity contribution in [3.63, 3.8) is 0 Å². The minimum atomic E-state index is -0.386. The maximum absolute atomic E-state index is 11.4. The number of aliphatic hydroxyl groups is 1. The first-order chi connectivity index (χ1) is 7.70. The predicted octanol–water partition coefficient (Wildman–Crippen LogP) is 0.454. The summed E-state index contributed by atoms with van der Waals surface area (Å²) in [5.41, 5.74) is 0. The number of rotatable bonds is 6. The van der Waals surface area contributed by atoms with E-state index in [4.69, 9.17) is 0 Å². The number of hydrogen-bond acceptors (Lipinski definition) is 3. The van der Waals surface area contributed by atoms with Gasteiger partial charge in [0.05, 0.1) is 6.10 Å². The van der Waals surface area contributed by atoms with Gasteiger partial charge in [-0.15, -0.1) is 0 Å². The Kier molecular flexibility index (Phi) is 3.82. The highest BCUT2D eigenvalue weighted by Gasteiger charge is 2.30. The minimum absolute atomic E-state index is 0.202. The number of amides is 1. The van der Waals surface area contributed by atoms with Crippen LogP contribution in [-0.4, -0.2) is 59.1 Å². The molecule has 16 heavy (non-hydrogen) atoms. The van der Waals surface area contributed by atoms with E-state index in [1.165, 1.54) is 12.8 Å². The quantitative estimate of drug-likeness (QED) is 0.715. The Hall–Kier alpha value is -0.610. The van der Waals surface area contributed by atoms with Gasteiger partial charge in [-0.3, -0.25) is 9.69 Å². The van der Waals surface area contributed by atoms with Gasteiger partial charge in [0.1, 0.15) is 0 Å². The van der Waals surface area contributed by atoms with E-state index in [-0.39, 0.29) is 12.0 Å². The highest BCUT2D eigenvalue weighted by atomic mass is 16.3. The summed E-state index contributed by atoms with van der Waals surface area (Å²) >= 11 is 0. The zero-order valence-electron chi connectivity index (χ0n) is 10.1. The molecule has 0 aromatic rings. The highest BCUT2D eigenvalue weighted by Crippen LogP contribution is 2.26. The lowest BCUT2D eigenvalue weighted by Gasteiger charge is -2.26. The van der Waals surface area contributed by atoms with Crippen LogP contribution >= 0.6 is 0 Å². The van der Waals surface area contributed by atoms with E-state index in [0.29, 0.717) is 25.6 Å². The molecule has 0 aromatic carbocycles. The van der Waals surface area contributed by atoms with Gasteiger partial charge in [0.25, 0.3) is 0 Å². The molecule has 1 unspecified atom stereocenters. The van der Waals surface area contributed by atoms with Crippen LogP contribution in [0.15, 0.2) is 0 Å². The standard InChI is InChI=1S/C12H22N2O2/c1-2-13(10-5-6-10)8-11(15)9-14-7-3-4-12(14)16/h10-11,15H,2-9H2,1H3. The van der Waals surface area contributed by atoms with Crippen LogP contribution in [-0.2, 0) is 4.79 Å². The molecule has 1 saturated heterocycles. The Balaban J connectivity index is 1.74. The van der Waals surface area contributed by atoms with Gasteiger partial charge >= 0.3 is 0 Å². The molecular weight excluding hydrogens is 204 g/mol. The Morgan fingerprint density at radius 3 is 2.81 bits per heavy atom. The first kappa shape index (κ1) is 11.9. The maximum atomic E-state index is 11.4. The van der Waals surface area contributed by atoms with Gasteiger partial charge in [-0.05, 0) is 25.8 Å². The molecule has 2 aliphatic rings. The smallest absolute Gasteiger partial charge is 0.222 e. The Morgan fingerprint density at radius 1 is 1.56 bits per heavy atom. The summed E-state index contributed by atoms with van der Waals surface area (Å²) in [6.07, 6.45) is 3.76. The fourth-order valence-corrected chi connectivity index (χ4v) is 2.46. The molecule has 1 aliphatic heterocycles. The zero-order chi connectivity index (χ0) is 11.5. The number of nitrogens with zero attached hydrogens (tertiary/aromatic N) is 2. The third kappa shape index (κ3) is 2.95. The average molecular weight is 226 g/mol. The molecule has 2 rings (SSSR count). The molecule has 4 nitrogen and oxygen atoms in total. The van der Waals surface area contributed by atoms with Crippen LogP contribution in [0.1, 0.15) is 32.6 Å². The van der Waals surface area contributed by atoms with Gasteiger partial charge < -0.3 is 10.0 Å². The van der Waals surface area contributed by atoms with Crippen molar-refractivity contribution in [2.75, 3.05) is 26.2 Å². The molecule has 1 saturated carbocycles. The van der Waals surface area contributed by atoms with Gasteiger partial charge in [-0.1, -0.05) is 6.92 Å². The molecule has 0 spiro atoms. The van der Waals surface area contributed by atoms with E-state index in [9.17, 15) is 9.90 Å². The first-order valence-electron chi connectivity index (χ1n) is 6.40. The van der Waals surface area contributed by atoms with Crippen LogP contribution in [0.3, 0.4) is 0 Å². The Morgan fingerprint density at radius 2 is 2.31 bits per heavy atom. The van der Waals surface area contributed by atoms with Crippen molar-refractivity contribution in [1.29, 1.82) is 0 Å². The molecule has 92 valence electrons. The molecule has 1 aliphatic carbocycles. The molecule has 2 fully saturated rings. The van der Waals surface area contributed by atoms with Crippen LogP contribution in [0, 0.1) is 0 Å². The van der Waals surface area contributed by atoms with Crippen molar-refractivity contribution in [1.82, 2.24) is 9.80 Å². The second kappa shape index (κ2) is 5.15. The van der Waals surface area contributed by atoms with Crippen molar-refractivity contribution >= 4 is 5.91 Å². The summed E-state index contributed by atoms with van der Waals surface area (Å²) < 4.78 is 0. The molecule has 1 atom stereocenters. The summed E-state index contributed by atoms with van der Waals surface area (Å²) in [5, 5.41) is 9.97. The van der Waals surface area contributed by atoms with Crippen molar-refractivity contribution in [3.8, 4) is 0 Å². The van der Waals surface area contributed by atoms with Crippen molar-refractivity contribution < 1.29 is 9.90 Å². The van der Waals surface area contributed by atoms with E-state index in [1.807, 2.05) is 0 Å². The molecule has 4 heteroatoms. The Labute approximate surface area is 97.2 Å². The summed E-state index contributed by atoms with van der Waals surface area (Å²) in [4.78, 5) is 15.5. The van der Waals surface area contributed by atoms with Gasteiger partial charge in [0.2, 0.25) is 5.91 Å². The normalized spacial score (nSPS) is 23.2. The number of likely N-dealkylation sites (N-methyl/N-ethyl adjacent to an activating group) is 1. The van der Waals surface area contributed by atoms with E-state index in [1.54, 1.807) is 4.90 Å². The van der Waals surface area contributed by atoms with E-state index >= 15 is 0 Å². The largest absolute Gasteiger partial charge is 0.390 e. The van der Waals surface area contributed by atoms with Gasteiger partial charge in [0, 0.05) is 32.1 Å². The molecule has 1 amide bonds. The fourth-order valence-electron chi connectivity index (χ4n) is 2.46. The van der Waals surface area contributed by atoms with E-state index in [0.717, 1.165) is 19.5 Å². The molecule has 0 radical (unpaired) electrons. The average Bonchev–Trinajstić information content (AvgIpc) is 3.02. The lowest BCUT2D eigenvalue weighted by atomic mass is 10.3. The third-order valence-corrected chi connectivity index (χ3v) is 3.52. The van der Waals surface area contributed by atoms with Crippen molar-refractivity contribution in [2.24, 2.45) is 0 Å². The predicted molar refractivity (Wildman–Crippen MR) is 62.1 cm³/mol. The lowest BCUT2D eigenvalue weighted by molar-refractivity contribution is -0.129. The molecule has 0 bridgehead atoms. The second-order valence-electron chi connectivity index (χ2n) is 4.92. The van der Waals surface area contributed by atoms with Gasteiger partial charge in [0.15, 0.2) is 0 Å². The van der Waals surface area contributed by atoms with Gasteiger partial charge in [-0.25, -0.2) is 0 Å². The van der Waals surface area contributed by atoms with Crippen LogP contribution < -0.4 is 0 Å². The summed E-state index contributed by atoms with van der Waals surface area (Å²) in [7, 11) is 0. The number of carbonyl (C=O) groups is 1. The van der Waals surface area contributed by atoms with Crippen molar-refractivity contribution in [2.45, 2.75) is 44.8 Å². The van der Waals surface area contributed by atoms with Crippen LogP contribution in [0.4, 0.5) is 0 Å². The first-order valence-corrected chi connectivity index (χ1v) is 6.40. The molecule has 1 N–H and O–H groups in total. The number of β-amino-alcohol motifs (C(OH)–C–C–N with tert-alkyl or cyclic N) is 1. The number of hydrogen-bond donors (Lipinski definition) is 1. The minimum Gasteiger partial charge on any atom is -0.390 e. The second-order valence-corrected chi connectivity index (χ2v) is 4.92. The molecular formula is C12H22N2O2. The van der Waals surface area contributed by atoms with Crippen LogP contribution in [0.2, 0.25) is 0 Å². The third-order valence-electron chi connectivity index (χ3n) is 3.52. The fraction of sp³-hybridized carbons (Fsp3) is 0.917. The summed E-state index contributed by atoms with van der Waals surface area (Å²) in [6.45, 7) is 5.18. The molecule has 1 heterocycles. The summed E-state index contributed by atoms with van der Waals surface area (Å²) in [6, 6.07) is 0.689. The van der Waals surface area contributed by atoms with E-state index in [2.05, 4.69) is 11.8 Å². The van der Waals surface area contributed by atoms with Crippen molar-refractivity contribution in [3.05, 3.63) is 0 Å². The maximum Gasteiger partial charge on any atom is 0.222 e. The lowest BCUT2D eigenvalue weighted by Crippen LogP contribution is -2.41. The number of aliphatic hydroxyl groups excluding tert-OH is 1. The van der Waals surface area contributed by atoms with E-state index < -0.39 is 0 Å².